The summed E-state index contributed by atoms with van der Waals surface area (Å²) in [6.45, 7) is 5.11. The fraction of sp³-hybridized carbons (Fsp3) is 0.389. The summed E-state index contributed by atoms with van der Waals surface area (Å²) in [5.41, 5.74) is -0.0955. The van der Waals surface area contributed by atoms with Gasteiger partial charge in [0.05, 0.1) is 13.7 Å². The van der Waals surface area contributed by atoms with E-state index < -0.39 is 17.4 Å². The number of carbonyl (C=O) groups is 3. The molecule has 0 radical (unpaired) electrons. The Bertz CT molecular complexity index is 614. The summed E-state index contributed by atoms with van der Waals surface area (Å²) in [5, 5.41) is 0. The van der Waals surface area contributed by atoms with Gasteiger partial charge in [-0.05, 0) is 32.8 Å². The monoisotopic (exact) mass is 318 g/mol. The number of methoxy groups -OCH3 is 1. The van der Waals surface area contributed by atoms with Gasteiger partial charge in [-0.3, -0.25) is 9.59 Å². The number of ether oxygens (including phenoxy) is 2. The molecule has 23 heavy (non-hydrogen) atoms. The van der Waals surface area contributed by atoms with E-state index in [1.807, 2.05) is 0 Å². The number of ketones is 1. The van der Waals surface area contributed by atoms with Crippen LogP contribution in [-0.4, -0.2) is 31.4 Å². The van der Waals surface area contributed by atoms with Crippen molar-refractivity contribution in [2.45, 2.75) is 27.2 Å². The fourth-order valence-corrected chi connectivity index (χ4v) is 2.08. The zero-order valence-electron chi connectivity index (χ0n) is 13.9. The zero-order valence-corrected chi connectivity index (χ0v) is 13.9. The third-order valence-corrected chi connectivity index (χ3v) is 3.40. The first kappa shape index (κ1) is 18.6. The fourth-order valence-electron chi connectivity index (χ4n) is 2.08. The molecule has 5 nitrogen and oxygen atoms in total. The summed E-state index contributed by atoms with van der Waals surface area (Å²) in [5.74, 6) is -1.32. The number of hydrogen-bond acceptors (Lipinski definition) is 5. The number of hydrogen-bond donors (Lipinski definition) is 0. The zero-order chi connectivity index (χ0) is 17.5. The van der Waals surface area contributed by atoms with Gasteiger partial charge < -0.3 is 9.47 Å². The maximum absolute atomic E-state index is 12.7. The van der Waals surface area contributed by atoms with E-state index in [1.54, 1.807) is 37.3 Å². The van der Waals surface area contributed by atoms with E-state index in [2.05, 4.69) is 0 Å². The Balaban J connectivity index is 3.00. The van der Waals surface area contributed by atoms with Crippen molar-refractivity contribution in [3.05, 3.63) is 47.5 Å². The Morgan fingerprint density at radius 2 is 1.83 bits per heavy atom. The first-order valence-corrected chi connectivity index (χ1v) is 7.39. The normalized spacial score (nSPS) is 11.3. The van der Waals surface area contributed by atoms with Crippen molar-refractivity contribution in [2.24, 2.45) is 5.41 Å². The van der Waals surface area contributed by atoms with Crippen LogP contribution in [0.1, 0.15) is 36.7 Å². The summed E-state index contributed by atoms with van der Waals surface area (Å²) < 4.78 is 9.51. The second kappa shape index (κ2) is 8.27. The summed E-state index contributed by atoms with van der Waals surface area (Å²) >= 11 is 0. The lowest BCUT2D eigenvalue weighted by Crippen LogP contribution is -2.35. The van der Waals surface area contributed by atoms with Gasteiger partial charge in [0.15, 0.2) is 5.78 Å². The predicted molar refractivity (Wildman–Crippen MR) is 86.0 cm³/mol. The number of benzene rings is 1. The van der Waals surface area contributed by atoms with Gasteiger partial charge in [-0.2, -0.15) is 0 Å². The number of rotatable bonds is 7. The van der Waals surface area contributed by atoms with Crippen molar-refractivity contribution in [3.8, 4) is 0 Å². The van der Waals surface area contributed by atoms with E-state index in [1.165, 1.54) is 27.0 Å². The van der Waals surface area contributed by atoms with Crippen molar-refractivity contribution in [1.29, 1.82) is 0 Å². The molecule has 0 saturated carbocycles. The molecule has 0 unspecified atom stereocenters. The number of Topliss-reactive ketones (excluding diaryl/α,β-unsaturated/α-hetero) is 1. The Hall–Kier alpha value is -2.43. The van der Waals surface area contributed by atoms with Crippen LogP contribution in [0.3, 0.4) is 0 Å². The molecule has 1 aromatic carbocycles. The van der Waals surface area contributed by atoms with Crippen LogP contribution in [0.5, 0.6) is 0 Å². The summed E-state index contributed by atoms with van der Waals surface area (Å²) in [4.78, 5) is 35.8. The van der Waals surface area contributed by atoms with Gasteiger partial charge in [-0.15, -0.1) is 0 Å². The molecule has 0 fully saturated rings. The maximum atomic E-state index is 12.7. The molecule has 0 aromatic heterocycles. The van der Waals surface area contributed by atoms with Crippen LogP contribution in [0.25, 0.3) is 0 Å². The standard InChI is InChI=1S/C18H22O5/c1-5-23-15(19)12-8-10-13-9-6-7-11-14(13)16(20)18(2,3)17(21)22-4/h6-9,11-12H,5,10H2,1-4H3/b12-8+. The maximum Gasteiger partial charge on any atom is 0.330 e. The second-order valence-electron chi connectivity index (χ2n) is 5.46. The Morgan fingerprint density at radius 1 is 1.17 bits per heavy atom. The van der Waals surface area contributed by atoms with Crippen molar-refractivity contribution in [3.63, 3.8) is 0 Å². The van der Waals surface area contributed by atoms with Crippen molar-refractivity contribution < 1.29 is 23.9 Å². The van der Waals surface area contributed by atoms with Crippen LogP contribution in [0.2, 0.25) is 0 Å². The minimum absolute atomic E-state index is 0.311. The lowest BCUT2D eigenvalue weighted by Gasteiger charge is -2.21. The molecule has 5 heteroatoms. The highest BCUT2D eigenvalue weighted by molar-refractivity contribution is 6.12. The van der Waals surface area contributed by atoms with E-state index in [9.17, 15) is 14.4 Å². The largest absolute Gasteiger partial charge is 0.468 e. The highest BCUT2D eigenvalue weighted by atomic mass is 16.5. The van der Waals surface area contributed by atoms with Crippen molar-refractivity contribution in [2.75, 3.05) is 13.7 Å². The van der Waals surface area contributed by atoms with Crippen LogP contribution in [0.15, 0.2) is 36.4 Å². The third kappa shape index (κ3) is 4.77. The molecule has 0 spiro atoms. The molecular formula is C18H22O5. The molecule has 1 aromatic rings. The van der Waals surface area contributed by atoms with Gasteiger partial charge in [0.1, 0.15) is 5.41 Å². The van der Waals surface area contributed by atoms with Gasteiger partial charge in [0.2, 0.25) is 0 Å². The van der Waals surface area contributed by atoms with E-state index in [0.29, 0.717) is 18.6 Å². The Morgan fingerprint density at radius 3 is 2.43 bits per heavy atom. The molecule has 0 aliphatic rings. The molecule has 1 rings (SSSR count). The number of allylic oxidation sites excluding steroid dienone is 1. The first-order chi connectivity index (χ1) is 10.8. The molecule has 0 N–H and O–H groups in total. The molecule has 0 aliphatic heterocycles. The van der Waals surface area contributed by atoms with Crippen LogP contribution in [0.4, 0.5) is 0 Å². The van der Waals surface area contributed by atoms with Crippen molar-refractivity contribution >= 4 is 17.7 Å². The number of carbonyl (C=O) groups excluding carboxylic acids is 3. The third-order valence-electron chi connectivity index (χ3n) is 3.40. The Kier molecular flexibility index (Phi) is 6.69. The summed E-state index contributed by atoms with van der Waals surface area (Å²) in [6, 6.07) is 6.99. The smallest absolute Gasteiger partial charge is 0.330 e. The second-order valence-corrected chi connectivity index (χ2v) is 5.46. The van der Waals surface area contributed by atoms with Gasteiger partial charge in [0.25, 0.3) is 0 Å². The lowest BCUT2D eigenvalue weighted by molar-refractivity contribution is -0.148. The number of esters is 2. The predicted octanol–water partition coefficient (Wildman–Crippen LogP) is 2.73. The molecule has 0 heterocycles. The van der Waals surface area contributed by atoms with Crippen LogP contribution < -0.4 is 0 Å². The van der Waals surface area contributed by atoms with E-state index in [0.717, 1.165) is 5.56 Å². The van der Waals surface area contributed by atoms with E-state index in [-0.39, 0.29) is 5.78 Å². The first-order valence-electron chi connectivity index (χ1n) is 7.39. The molecule has 124 valence electrons. The quantitative estimate of drug-likeness (QED) is 0.335. The molecule has 0 atom stereocenters. The highest BCUT2D eigenvalue weighted by Gasteiger charge is 2.38. The minimum Gasteiger partial charge on any atom is -0.468 e. The van der Waals surface area contributed by atoms with Crippen LogP contribution >= 0.6 is 0 Å². The van der Waals surface area contributed by atoms with Gasteiger partial charge in [0, 0.05) is 11.6 Å². The summed E-state index contributed by atoms with van der Waals surface area (Å²) in [7, 11) is 1.26. The topological polar surface area (TPSA) is 69.7 Å². The lowest BCUT2D eigenvalue weighted by atomic mass is 9.82. The van der Waals surface area contributed by atoms with E-state index in [4.69, 9.17) is 9.47 Å². The molecule has 0 amide bonds. The molecule has 0 saturated heterocycles. The average Bonchev–Trinajstić information content (AvgIpc) is 2.54. The molecule has 0 aliphatic carbocycles. The van der Waals surface area contributed by atoms with Gasteiger partial charge >= 0.3 is 11.9 Å². The van der Waals surface area contributed by atoms with Crippen LogP contribution in [-0.2, 0) is 25.5 Å². The Labute approximate surface area is 136 Å². The van der Waals surface area contributed by atoms with Crippen LogP contribution in [0, 0.1) is 5.41 Å². The minimum atomic E-state index is -1.27. The van der Waals surface area contributed by atoms with Gasteiger partial charge in [-0.25, -0.2) is 4.79 Å². The van der Waals surface area contributed by atoms with Gasteiger partial charge in [-0.1, -0.05) is 30.3 Å². The van der Waals surface area contributed by atoms with Crippen molar-refractivity contribution in [1.82, 2.24) is 0 Å². The molecular weight excluding hydrogens is 296 g/mol. The SMILES string of the molecule is CCOC(=O)/C=C/Cc1ccccc1C(=O)C(C)(C)C(=O)OC. The highest BCUT2D eigenvalue weighted by Crippen LogP contribution is 2.25. The summed E-state index contributed by atoms with van der Waals surface area (Å²) in [6.07, 6.45) is 3.35. The average molecular weight is 318 g/mol. The molecule has 0 bridgehead atoms. The van der Waals surface area contributed by atoms with E-state index >= 15 is 0 Å².